The number of likely N-dealkylation sites (tertiary alicyclic amines) is 1. The third-order valence-corrected chi connectivity index (χ3v) is 6.23. The first kappa shape index (κ1) is 35.9. The minimum Gasteiger partial charge on any atom is -0.780 e. The molecule has 202 valence electrons. The van der Waals surface area contributed by atoms with Crippen LogP contribution in [0.1, 0.15) is 61.4 Å². The maximum Gasteiger partial charge on any atom is 1.00 e. The molecule has 2 aliphatic rings. The molecule has 0 aliphatic carbocycles. The number of aromatic hydroxyl groups is 1. The van der Waals surface area contributed by atoms with Crippen LogP contribution >= 0.6 is 7.82 Å². The maximum absolute atomic E-state index is 12.9. The second kappa shape index (κ2) is 17.6. The standard InChI is InChI=1S/C25H33N2O9P.2Na/c1-18-10-6-3-2-4-7-11-20(26-34-17-23(29)27-12-8-5-9-13-27)14-19-15-21(36-37(31,32)33)16-22(28)24(19)25(30)35-18;;/h3,6-7,11,15-16,18,28H,2,4-5,8-10,12-14,17H2,1H3,(H2,31,32,33);;/q;2*+1/p-2/b6-3+,11-7+,26-20-;;/t18-;;/m1../s1. The number of ether oxygens (including phenoxy) is 1. The Kier molecular flexibility index (Phi) is 16.2. The fourth-order valence-electron chi connectivity index (χ4n) is 4.04. The number of phenols is 1. The second-order valence-electron chi connectivity index (χ2n) is 8.89. The molecule has 11 nitrogen and oxygen atoms in total. The van der Waals surface area contributed by atoms with Gasteiger partial charge in [0.15, 0.2) is 6.61 Å². The van der Waals surface area contributed by atoms with Crippen LogP contribution in [0.25, 0.3) is 0 Å². The number of fused-ring (bicyclic) bond motifs is 1. The van der Waals surface area contributed by atoms with Crippen molar-refractivity contribution in [1.82, 2.24) is 4.90 Å². The van der Waals surface area contributed by atoms with Crippen molar-refractivity contribution in [1.29, 1.82) is 0 Å². The number of rotatable bonds is 5. The van der Waals surface area contributed by atoms with Gasteiger partial charge in [0.1, 0.15) is 31.0 Å². The summed E-state index contributed by atoms with van der Waals surface area (Å²) >= 11 is 0. The van der Waals surface area contributed by atoms with Gasteiger partial charge >= 0.3 is 65.1 Å². The molecule has 14 heteroatoms. The second-order valence-corrected chi connectivity index (χ2v) is 9.97. The molecule has 1 fully saturated rings. The Balaban J connectivity index is 0.00000380. The van der Waals surface area contributed by atoms with Gasteiger partial charge < -0.3 is 38.5 Å². The minimum absolute atomic E-state index is 0. The number of nitrogens with zero attached hydrogens (tertiary/aromatic N) is 2. The number of esters is 1. The summed E-state index contributed by atoms with van der Waals surface area (Å²) in [5, 5.41) is 14.6. The molecular weight excluding hydrogens is 549 g/mol. The monoisotopic (exact) mass is 580 g/mol. The van der Waals surface area contributed by atoms with Crippen LogP contribution in [0.5, 0.6) is 11.5 Å². The third-order valence-electron chi connectivity index (χ3n) is 5.80. The van der Waals surface area contributed by atoms with Crippen LogP contribution in [0.15, 0.2) is 41.6 Å². The number of oxime groups is 1. The maximum atomic E-state index is 12.9. The molecule has 0 unspecified atom stereocenters. The molecule has 1 aromatic carbocycles. The number of cyclic esters (lactones) is 1. The SMILES string of the molecule is C[C@@H]1C/C=C/CC/C=C/C(=N/OCC(=O)N2CCCCC2)Cc2cc(OP(=O)([O-])[O-])cc(O)c2C(=O)O1.[Na+].[Na+]. The van der Waals surface area contributed by atoms with E-state index in [4.69, 9.17) is 9.57 Å². The molecule has 0 saturated carbocycles. The van der Waals surface area contributed by atoms with E-state index in [-0.39, 0.29) is 89.2 Å². The van der Waals surface area contributed by atoms with Crippen LogP contribution in [-0.2, 0) is 25.4 Å². The zero-order valence-electron chi connectivity index (χ0n) is 22.7. The zero-order valence-corrected chi connectivity index (χ0v) is 27.6. The normalized spacial score (nSPS) is 21.2. The number of carbonyl (C=O) groups is 2. The van der Waals surface area contributed by atoms with Crippen LogP contribution in [0.4, 0.5) is 0 Å². The molecule has 0 aromatic heterocycles. The predicted molar refractivity (Wildman–Crippen MR) is 131 cm³/mol. The molecular formula is C25H31N2Na2O9P. The van der Waals surface area contributed by atoms with E-state index < -0.39 is 31.4 Å². The van der Waals surface area contributed by atoms with Gasteiger partial charge in [0.2, 0.25) is 0 Å². The number of amides is 1. The van der Waals surface area contributed by atoms with Crippen molar-refractivity contribution >= 4 is 25.4 Å². The van der Waals surface area contributed by atoms with E-state index in [2.05, 4.69) is 9.68 Å². The van der Waals surface area contributed by atoms with Crippen molar-refractivity contribution in [3.8, 4) is 11.5 Å². The van der Waals surface area contributed by atoms with E-state index in [1.165, 1.54) is 0 Å². The number of hydrogen-bond donors (Lipinski definition) is 1. The molecule has 0 spiro atoms. The summed E-state index contributed by atoms with van der Waals surface area (Å²) < 4.78 is 21.0. The Bertz CT molecular complexity index is 1120. The number of phenolic OH excluding ortho intramolecular Hbond substituents is 1. The summed E-state index contributed by atoms with van der Waals surface area (Å²) in [5.41, 5.74) is 0.165. The number of hydrogen-bond acceptors (Lipinski definition) is 10. The van der Waals surface area contributed by atoms with Crippen molar-refractivity contribution in [3.63, 3.8) is 0 Å². The first-order valence-corrected chi connectivity index (χ1v) is 13.6. The molecule has 2 aliphatic heterocycles. The molecule has 1 saturated heterocycles. The molecule has 0 radical (unpaired) electrons. The summed E-state index contributed by atoms with van der Waals surface area (Å²) in [7, 11) is -5.43. The summed E-state index contributed by atoms with van der Waals surface area (Å²) in [5.74, 6) is -2.11. The Hall–Kier alpha value is -1.14. The van der Waals surface area contributed by atoms with Gasteiger partial charge in [-0.15, -0.1) is 0 Å². The van der Waals surface area contributed by atoms with Gasteiger partial charge in [-0.2, -0.15) is 0 Å². The zero-order chi connectivity index (χ0) is 26.8. The molecule has 39 heavy (non-hydrogen) atoms. The summed E-state index contributed by atoms with van der Waals surface area (Å²) in [6, 6.07) is 2.01. The first-order valence-electron chi connectivity index (χ1n) is 12.2. The average molecular weight is 580 g/mol. The Morgan fingerprint density at radius 2 is 1.85 bits per heavy atom. The summed E-state index contributed by atoms with van der Waals surface area (Å²) in [6.45, 7) is 2.78. The average Bonchev–Trinajstić information content (AvgIpc) is 2.81. The van der Waals surface area contributed by atoms with E-state index in [9.17, 15) is 29.0 Å². The summed E-state index contributed by atoms with van der Waals surface area (Å²) in [4.78, 5) is 54.7. The molecule has 1 atom stereocenters. The van der Waals surface area contributed by atoms with Gasteiger partial charge in [-0.1, -0.05) is 23.4 Å². The number of allylic oxidation sites excluding steroid dienone is 3. The fraction of sp³-hybridized carbons (Fsp3) is 0.480. The quantitative estimate of drug-likeness (QED) is 0.122. The molecule has 3 rings (SSSR count). The smallest absolute Gasteiger partial charge is 0.780 e. The van der Waals surface area contributed by atoms with Gasteiger partial charge in [0.25, 0.3) is 5.91 Å². The Morgan fingerprint density at radius 1 is 1.15 bits per heavy atom. The van der Waals surface area contributed by atoms with Gasteiger partial charge in [-0.3, -0.25) is 4.79 Å². The number of benzene rings is 1. The van der Waals surface area contributed by atoms with Gasteiger partial charge in [0.05, 0.1) is 5.71 Å². The number of phosphoric ester groups is 1. The van der Waals surface area contributed by atoms with Crippen LogP contribution in [0.3, 0.4) is 0 Å². The van der Waals surface area contributed by atoms with Crippen LogP contribution < -0.4 is 73.4 Å². The van der Waals surface area contributed by atoms with Crippen LogP contribution in [0, 0.1) is 0 Å². The van der Waals surface area contributed by atoms with Gasteiger partial charge in [-0.25, -0.2) is 4.79 Å². The van der Waals surface area contributed by atoms with Gasteiger partial charge in [0, 0.05) is 32.0 Å². The van der Waals surface area contributed by atoms with Crippen molar-refractivity contribution in [2.45, 2.75) is 58.0 Å². The molecule has 1 amide bonds. The van der Waals surface area contributed by atoms with Crippen molar-refractivity contribution in [3.05, 3.63) is 47.6 Å². The van der Waals surface area contributed by atoms with Crippen molar-refractivity contribution < 1.29 is 102 Å². The predicted octanol–water partition coefficient (Wildman–Crippen LogP) is -3.62. The third kappa shape index (κ3) is 12.5. The van der Waals surface area contributed by atoms with Crippen LogP contribution in [-0.4, -0.2) is 53.4 Å². The van der Waals surface area contributed by atoms with E-state index in [0.29, 0.717) is 31.6 Å². The largest absolute Gasteiger partial charge is 1.00 e. The first-order chi connectivity index (χ1) is 17.6. The fourth-order valence-corrected chi connectivity index (χ4v) is 4.41. The van der Waals surface area contributed by atoms with Crippen LogP contribution in [0.2, 0.25) is 0 Å². The molecule has 2 heterocycles. The number of piperidine rings is 1. The minimum atomic E-state index is -5.43. The Labute approximate surface area is 272 Å². The van der Waals surface area contributed by atoms with Gasteiger partial charge in [-0.05, 0) is 56.7 Å². The van der Waals surface area contributed by atoms with E-state index >= 15 is 0 Å². The topological polar surface area (TPSA) is 161 Å². The number of carbonyl (C=O) groups excluding carboxylic acids is 2. The van der Waals surface area contributed by atoms with E-state index in [0.717, 1.165) is 37.8 Å². The molecule has 0 bridgehead atoms. The van der Waals surface area contributed by atoms with E-state index in [1.807, 2.05) is 18.2 Å². The Morgan fingerprint density at radius 3 is 2.54 bits per heavy atom. The van der Waals surface area contributed by atoms with Crippen molar-refractivity contribution in [2.75, 3.05) is 19.7 Å². The molecule has 1 aromatic rings. The molecule has 1 N–H and O–H groups in total. The number of phosphoric acid groups is 1. The van der Waals surface area contributed by atoms with E-state index in [1.54, 1.807) is 17.9 Å². The summed E-state index contributed by atoms with van der Waals surface area (Å²) in [6.07, 6.45) is 11.6. The van der Waals surface area contributed by atoms with Crippen molar-refractivity contribution in [2.24, 2.45) is 5.16 Å².